The second kappa shape index (κ2) is 7.11. The Balaban J connectivity index is 1.58. The molecule has 0 spiro atoms. The van der Waals surface area contributed by atoms with Gasteiger partial charge in [0, 0.05) is 22.1 Å². The van der Waals surface area contributed by atoms with Crippen molar-refractivity contribution in [3.05, 3.63) is 90.5 Å². The summed E-state index contributed by atoms with van der Waals surface area (Å²) in [6.07, 6.45) is 0. The third kappa shape index (κ3) is 3.08. The van der Waals surface area contributed by atoms with Crippen LogP contribution < -0.4 is 0 Å². The van der Waals surface area contributed by atoms with Gasteiger partial charge in [-0.05, 0) is 25.1 Å². The molecule has 3 aromatic heterocycles. The number of nitrogens with zero attached hydrogens (tertiary/aromatic N) is 5. The average molecular weight is 420 g/mol. The Morgan fingerprint density at radius 3 is 2.45 bits per heavy atom. The summed E-state index contributed by atoms with van der Waals surface area (Å²) in [7, 11) is 0. The third-order valence-corrected chi connectivity index (χ3v) is 6.23. The zero-order valence-corrected chi connectivity index (χ0v) is 17.5. The van der Waals surface area contributed by atoms with Gasteiger partial charge in [-0.15, -0.1) is 10.2 Å². The van der Waals surface area contributed by atoms with Crippen molar-refractivity contribution in [1.82, 2.24) is 24.8 Å². The maximum atomic E-state index is 4.88. The minimum atomic E-state index is 0.723. The van der Waals surface area contributed by atoms with Gasteiger partial charge in [0.05, 0.1) is 11.2 Å². The van der Waals surface area contributed by atoms with E-state index in [1.54, 1.807) is 11.3 Å². The van der Waals surface area contributed by atoms with Crippen molar-refractivity contribution in [2.45, 2.75) is 6.92 Å². The molecule has 6 aromatic rings. The van der Waals surface area contributed by atoms with Crippen LogP contribution >= 0.6 is 11.3 Å². The van der Waals surface area contributed by atoms with Gasteiger partial charge >= 0.3 is 0 Å². The number of benzene rings is 3. The van der Waals surface area contributed by atoms with Crippen molar-refractivity contribution in [2.24, 2.45) is 0 Å². The van der Waals surface area contributed by atoms with E-state index in [0.717, 1.165) is 49.1 Å². The first kappa shape index (κ1) is 17.9. The Hall–Kier alpha value is -3.90. The van der Waals surface area contributed by atoms with E-state index in [1.165, 1.54) is 5.56 Å². The van der Waals surface area contributed by atoms with E-state index in [4.69, 9.17) is 10.1 Å². The van der Waals surface area contributed by atoms with Gasteiger partial charge in [0.2, 0.25) is 4.96 Å². The lowest BCUT2D eigenvalue weighted by Gasteiger charge is -2.08. The van der Waals surface area contributed by atoms with Crippen LogP contribution in [0.3, 0.4) is 0 Å². The summed E-state index contributed by atoms with van der Waals surface area (Å²) in [5.74, 6) is 0.723. The molecule has 31 heavy (non-hydrogen) atoms. The van der Waals surface area contributed by atoms with Gasteiger partial charge in [0.1, 0.15) is 5.01 Å². The molecule has 5 nitrogen and oxygen atoms in total. The molecule has 0 radical (unpaired) electrons. The van der Waals surface area contributed by atoms with E-state index >= 15 is 0 Å². The molecule has 0 N–H and O–H groups in total. The fraction of sp³-hybridized carbons (Fsp3) is 0.0400. The van der Waals surface area contributed by atoms with E-state index < -0.39 is 0 Å². The predicted molar refractivity (Wildman–Crippen MR) is 125 cm³/mol. The number of hydrogen-bond donors (Lipinski definition) is 0. The molecule has 148 valence electrons. The quantitative estimate of drug-likeness (QED) is 0.351. The van der Waals surface area contributed by atoms with E-state index in [-0.39, 0.29) is 0 Å². The number of fused-ring (bicyclic) bond motifs is 2. The second-order valence-electron chi connectivity index (χ2n) is 7.43. The number of hydrogen-bond acceptors (Lipinski definition) is 5. The molecule has 0 aliphatic heterocycles. The van der Waals surface area contributed by atoms with Crippen molar-refractivity contribution in [2.75, 3.05) is 0 Å². The maximum Gasteiger partial charge on any atom is 0.235 e. The highest BCUT2D eigenvalue weighted by Crippen LogP contribution is 2.33. The summed E-state index contributed by atoms with van der Waals surface area (Å²) >= 11 is 1.54. The smallest absolute Gasteiger partial charge is 0.235 e. The molecular formula is C25H17N5S. The fourth-order valence-electron chi connectivity index (χ4n) is 3.80. The predicted octanol–water partition coefficient (Wildman–Crippen LogP) is 6.04. The van der Waals surface area contributed by atoms with Crippen LogP contribution in [0.4, 0.5) is 0 Å². The fourth-order valence-corrected chi connectivity index (χ4v) is 4.63. The van der Waals surface area contributed by atoms with Crippen LogP contribution in [0.1, 0.15) is 5.56 Å². The van der Waals surface area contributed by atoms with E-state index in [1.807, 2.05) is 40.9 Å². The second-order valence-corrected chi connectivity index (χ2v) is 8.39. The van der Waals surface area contributed by atoms with Gasteiger partial charge in [-0.2, -0.15) is 9.61 Å². The molecule has 0 atom stereocenters. The van der Waals surface area contributed by atoms with Gasteiger partial charge in [0.25, 0.3) is 0 Å². The number of pyridine rings is 1. The number of aryl methyl sites for hydroxylation is 1. The average Bonchev–Trinajstić information content (AvgIpc) is 3.40. The molecule has 6 heteroatoms. The van der Waals surface area contributed by atoms with Gasteiger partial charge in [0.15, 0.2) is 5.82 Å². The Bertz CT molecular complexity index is 1550. The normalized spacial score (nSPS) is 11.4. The van der Waals surface area contributed by atoms with Crippen molar-refractivity contribution >= 4 is 27.2 Å². The topological polar surface area (TPSA) is 56.0 Å². The number of para-hydroxylation sites is 1. The molecule has 0 saturated heterocycles. The highest BCUT2D eigenvalue weighted by Gasteiger charge is 2.18. The molecule has 0 bridgehead atoms. The zero-order chi connectivity index (χ0) is 20.8. The lowest BCUT2D eigenvalue weighted by molar-refractivity contribution is 0.971. The highest BCUT2D eigenvalue weighted by atomic mass is 32.1. The number of aromatic nitrogens is 5. The molecule has 0 unspecified atom stereocenters. The van der Waals surface area contributed by atoms with Crippen LogP contribution in [0.5, 0.6) is 0 Å². The Kier molecular flexibility index (Phi) is 4.11. The SMILES string of the molecule is Cc1cccc(-c2nn3c(-c4cc(-c5ccccc5)nc5ccccc45)nnc3s2)c1. The lowest BCUT2D eigenvalue weighted by atomic mass is 10.0. The van der Waals surface area contributed by atoms with Gasteiger partial charge in [-0.25, -0.2) is 4.98 Å². The molecule has 0 aliphatic carbocycles. The van der Waals surface area contributed by atoms with E-state index in [0.29, 0.717) is 0 Å². The van der Waals surface area contributed by atoms with Crippen LogP contribution in [0.25, 0.3) is 49.1 Å². The first-order valence-electron chi connectivity index (χ1n) is 10.0. The highest BCUT2D eigenvalue weighted by molar-refractivity contribution is 7.19. The van der Waals surface area contributed by atoms with Crippen LogP contribution in [0.15, 0.2) is 84.9 Å². The minimum Gasteiger partial charge on any atom is -0.248 e. The van der Waals surface area contributed by atoms with E-state index in [2.05, 4.69) is 65.7 Å². The summed E-state index contributed by atoms with van der Waals surface area (Å²) in [4.78, 5) is 5.66. The van der Waals surface area contributed by atoms with Crippen LogP contribution in [0, 0.1) is 6.92 Å². The van der Waals surface area contributed by atoms with Crippen LogP contribution in [0.2, 0.25) is 0 Å². The first-order valence-corrected chi connectivity index (χ1v) is 10.8. The molecule has 0 aliphatic rings. The van der Waals surface area contributed by atoms with Crippen molar-refractivity contribution in [3.8, 4) is 33.2 Å². The van der Waals surface area contributed by atoms with Crippen LogP contribution in [-0.4, -0.2) is 24.8 Å². The molecule has 0 saturated carbocycles. The van der Waals surface area contributed by atoms with Gasteiger partial charge in [-0.3, -0.25) is 0 Å². The Morgan fingerprint density at radius 2 is 1.58 bits per heavy atom. The first-order chi connectivity index (χ1) is 15.3. The van der Waals surface area contributed by atoms with Crippen molar-refractivity contribution in [1.29, 1.82) is 0 Å². The third-order valence-electron chi connectivity index (χ3n) is 5.28. The lowest BCUT2D eigenvalue weighted by Crippen LogP contribution is -1.95. The summed E-state index contributed by atoms with van der Waals surface area (Å²) in [6, 6.07) is 28.8. The van der Waals surface area contributed by atoms with Crippen molar-refractivity contribution in [3.63, 3.8) is 0 Å². The zero-order valence-electron chi connectivity index (χ0n) is 16.7. The minimum absolute atomic E-state index is 0.723. The Morgan fingerprint density at radius 1 is 0.774 bits per heavy atom. The van der Waals surface area contributed by atoms with Gasteiger partial charge < -0.3 is 0 Å². The molecule has 0 amide bonds. The Labute approximate surface area is 182 Å². The molecule has 3 aromatic carbocycles. The van der Waals surface area contributed by atoms with E-state index in [9.17, 15) is 0 Å². The number of rotatable bonds is 3. The van der Waals surface area contributed by atoms with Gasteiger partial charge in [-0.1, -0.05) is 83.6 Å². The summed E-state index contributed by atoms with van der Waals surface area (Å²) in [5, 5.41) is 15.7. The monoisotopic (exact) mass is 419 g/mol. The molecule has 6 rings (SSSR count). The van der Waals surface area contributed by atoms with Crippen LogP contribution in [-0.2, 0) is 0 Å². The summed E-state index contributed by atoms with van der Waals surface area (Å²) in [6.45, 7) is 2.09. The largest absolute Gasteiger partial charge is 0.248 e. The standard InChI is InChI=1S/C25H17N5S/c1-16-8-7-11-18(14-16)24-29-30-23(27-28-25(30)31-24)20-15-22(17-9-3-2-4-10-17)26-21-13-6-5-12-19(20)21/h2-15H,1H3. The summed E-state index contributed by atoms with van der Waals surface area (Å²) < 4.78 is 1.85. The molecule has 3 heterocycles. The maximum absolute atomic E-state index is 4.88. The summed E-state index contributed by atoms with van der Waals surface area (Å²) in [5.41, 5.74) is 6.15. The molecule has 0 fully saturated rings. The molecular weight excluding hydrogens is 402 g/mol. The van der Waals surface area contributed by atoms with Crippen molar-refractivity contribution < 1.29 is 0 Å².